The van der Waals surface area contributed by atoms with Crippen LogP contribution in [0.25, 0.3) is 11.0 Å². The number of nitrogens with one attached hydrogen (secondary N) is 2. The van der Waals surface area contributed by atoms with Gasteiger partial charge in [0, 0.05) is 23.5 Å². The highest BCUT2D eigenvalue weighted by atomic mass is 32.2. The Kier molecular flexibility index (Phi) is 6.08. The summed E-state index contributed by atoms with van der Waals surface area (Å²) in [6, 6.07) is 9.01. The molecule has 1 amide bonds. The fraction of sp³-hybridized carbons (Fsp3) is 0.350. The van der Waals surface area contributed by atoms with Gasteiger partial charge in [0.1, 0.15) is 11.3 Å². The quantitative estimate of drug-likeness (QED) is 0.466. The number of aryl methyl sites for hydroxylation is 1. The molecular weight excluding hydrogens is 376 g/mol. The Morgan fingerprint density at radius 3 is 2.89 bits per heavy atom. The number of methoxy groups -OCH3 is 1. The predicted octanol–water partition coefficient (Wildman–Crippen LogP) is 3.74. The zero-order valence-electron chi connectivity index (χ0n) is 16.4. The molecule has 0 saturated carbocycles. The van der Waals surface area contributed by atoms with Crippen LogP contribution in [0.4, 0.5) is 5.69 Å². The van der Waals surface area contributed by atoms with Gasteiger partial charge in [0.2, 0.25) is 5.91 Å². The van der Waals surface area contributed by atoms with E-state index in [0.29, 0.717) is 27.6 Å². The minimum absolute atomic E-state index is 0.0167. The number of aromatic amines is 1. The van der Waals surface area contributed by atoms with Gasteiger partial charge in [0.25, 0.3) is 5.56 Å². The van der Waals surface area contributed by atoms with Gasteiger partial charge in [0.05, 0.1) is 18.4 Å². The number of thioether (sulfide) groups is 1. The lowest BCUT2D eigenvalue weighted by atomic mass is 10.2. The molecule has 8 heteroatoms. The van der Waals surface area contributed by atoms with Crippen LogP contribution in [0, 0.1) is 6.92 Å². The molecule has 3 aromatic rings. The summed E-state index contributed by atoms with van der Waals surface area (Å²) >= 11 is 1.26. The van der Waals surface area contributed by atoms with E-state index in [4.69, 9.17) is 4.74 Å². The van der Waals surface area contributed by atoms with Crippen LogP contribution >= 0.6 is 11.8 Å². The SMILES string of the molecule is CC[C@H](C)n1c(SCC(=O)Nc2cccc(OC)c2)nc2cc(C)[nH]c2c1=O. The number of nitrogens with zero attached hydrogens (tertiary/aromatic N) is 2. The average molecular weight is 401 g/mol. The zero-order chi connectivity index (χ0) is 20.3. The van der Waals surface area contributed by atoms with Crippen LogP contribution in [0.15, 0.2) is 40.3 Å². The summed E-state index contributed by atoms with van der Waals surface area (Å²) in [5.41, 5.74) is 2.56. The molecule has 0 aliphatic carbocycles. The van der Waals surface area contributed by atoms with Crippen molar-refractivity contribution in [3.63, 3.8) is 0 Å². The second-order valence-corrected chi connectivity index (χ2v) is 7.55. The van der Waals surface area contributed by atoms with E-state index < -0.39 is 0 Å². The van der Waals surface area contributed by atoms with Crippen LogP contribution in [-0.4, -0.2) is 33.3 Å². The summed E-state index contributed by atoms with van der Waals surface area (Å²) in [5, 5.41) is 3.39. The Balaban J connectivity index is 1.82. The molecule has 28 heavy (non-hydrogen) atoms. The highest BCUT2D eigenvalue weighted by molar-refractivity contribution is 7.99. The summed E-state index contributed by atoms with van der Waals surface area (Å²) < 4.78 is 6.84. The normalized spacial score (nSPS) is 12.1. The van der Waals surface area contributed by atoms with Gasteiger partial charge in [-0.05, 0) is 38.5 Å². The van der Waals surface area contributed by atoms with E-state index in [1.54, 1.807) is 23.8 Å². The smallest absolute Gasteiger partial charge is 0.278 e. The predicted molar refractivity (Wildman–Crippen MR) is 112 cm³/mol. The Morgan fingerprint density at radius 1 is 1.39 bits per heavy atom. The number of aromatic nitrogens is 3. The monoisotopic (exact) mass is 400 g/mol. The third kappa shape index (κ3) is 4.22. The Bertz CT molecular complexity index is 1060. The van der Waals surface area contributed by atoms with E-state index in [9.17, 15) is 9.59 Å². The number of ether oxygens (including phenoxy) is 1. The molecule has 0 aliphatic heterocycles. The highest BCUT2D eigenvalue weighted by Crippen LogP contribution is 2.23. The first-order valence-electron chi connectivity index (χ1n) is 9.11. The molecule has 2 aromatic heterocycles. The van der Waals surface area contributed by atoms with Crippen LogP contribution in [0.5, 0.6) is 5.75 Å². The van der Waals surface area contributed by atoms with Crippen molar-refractivity contribution in [2.24, 2.45) is 0 Å². The molecule has 0 radical (unpaired) electrons. The summed E-state index contributed by atoms with van der Waals surface area (Å²) in [7, 11) is 1.58. The van der Waals surface area contributed by atoms with E-state index in [2.05, 4.69) is 15.3 Å². The standard InChI is InChI=1S/C20H24N4O3S/c1-5-13(3)24-19(26)18-16(9-12(2)21-18)23-20(24)28-11-17(25)22-14-7-6-8-15(10-14)27-4/h6-10,13,21H,5,11H2,1-4H3,(H,22,25)/t13-/m0/s1. The van der Waals surface area contributed by atoms with Crippen molar-refractivity contribution in [1.82, 2.24) is 14.5 Å². The number of H-pyrrole nitrogens is 1. The third-order valence-corrected chi connectivity index (χ3v) is 5.46. The molecule has 148 valence electrons. The maximum Gasteiger partial charge on any atom is 0.278 e. The Labute approximate surface area is 167 Å². The Hall–Kier alpha value is -2.74. The molecule has 3 rings (SSSR count). The molecule has 0 bridgehead atoms. The molecule has 0 spiro atoms. The maximum atomic E-state index is 12.9. The first-order chi connectivity index (χ1) is 13.4. The van der Waals surface area contributed by atoms with Crippen molar-refractivity contribution < 1.29 is 9.53 Å². The van der Waals surface area contributed by atoms with Gasteiger partial charge in [-0.25, -0.2) is 4.98 Å². The zero-order valence-corrected chi connectivity index (χ0v) is 17.2. The minimum atomic E-state index is -0.173. The number of hydrogen-bond acceptors (Lipinski definition) is 5. The molecule has 0 unspecified atom stereocenters. The van der Waals surface area contributed by atoms with Gasteiger partial charge in [-0.1, -0.05) is 24.8 Å². The average Bonchev–Trinajstić information content (AvgIpc) is 3.06. The van der Waals surface area contributed by atoms with Crippen LogP contribution in [0.2, 0.25) is 0 Å². The molecule has 0 fully saturated rings. The van der Waals surface area contributed by atoms with Crippen LogP contribution in [0.3, 0.4) is 0 Å². The number of amides is 1. The minimum Gasteiger partial charge on any atom is -0.497 e. The fourth-order valence-corrected chi connectivity index (χ4v) is 3.79. The van der Waals surface area contributed by atoms with Gasteiger partial charge >= 0.3 is 0 Å². The molecule has 1 aromatic carbocycles. The van der Waals surface area contributed by atoms with Crippen molar-refractivity contribution in [3.8, 4) is 5.75 Å². The molecule has 1 atom stereocenters. The van der Waals surface area contributed by atoms with Gasteiger partial charge in [-0.3, -0.25) is 14.2 Å². The Morgan fingerprint density at radius 2 is 2.18 bits per heavy atom. The topological polar surface area (TPSA) is 89.0 Å². The second kappa shape index (κ2) is 8.52. The van der Waals surface area contributed by atoms with Crippen LogP contribution in [0.1, 0.15) is 32.0 Å². The van der Waals surface area contributed by atoms with Crippen molar-refractivity contribution in [1.29, 1.82) is 0 Å². The lowest BCUT2D eigenvalue weighted by Crippen LogP contribution is -2.26. The van der Waals surface area contributed by atoms with Crippen molar-refractivity contribution in [2.45, 2.75) is 38.4 Å². The van der Waals surface area contributed by atoms with E-state index >= 15 is 0 Å². The van der Waals surface area contributed by atoms with Crippen molar-refractivity contribution in [3.05, 3.63) is 46.4 Å². The first-order valence-corrected chi connectivity index (χ1v) is 10.1. The molecule has 0 aliphatic rings. The number of anilines is 1. The number of rotatable bonds is 7. The third-order valence-electron chi connectivity index (χ3n) is 4.50. The van der Waals surface area contributed by atoms with Crippen molar-refractivity contribution >= 4 is 34.4 Å². The number of carbonyl (C=O) groups excluding carboxylic acids is 1. The molecule has 2 N–H and O–H groups in total. The van der Waals surface area contributed by atoms with Crippen LogP contribution in [-0.2, 0) is 4.79 Å². The van der Waals surface area contributed by atoms with Crippen molar-refractivity contribution in [2.75, 3.05) is 18.2 Å². The van der Waals surface area contributed by atoms with E-state index in [1.165, 1.54) is 11.8 Å². The van der Waals surface area contributed by atoms with E-state index in [-0.39, 0.29) is 23.3 Å². The summed E-state index contributed by atoms with van der Waals surface area (Å²) in [6.45, 7) is 5.89. The molecule has 0 saturated heterocycles. The van der Waals surface area contributed by atoms with Gasteiger partial charge in [-0.15, -0.1) is 0 Å². The van der Waals surface area contributed by atoms with Gasteiger partial charge < -0.3 is 15.0 Å². The molecule has 7 nitrogen and oxygen atoms in total. The number of hydrogen-bond donors (Lipinski definition) is 2. The van der Waals surface area contributed by atoms with Gasteiger partial charge in [-0.2, -0.15) is 0 Å². The molecule has 2 heterocycles. The first kappa shape index (κ1) is 20.0. The summed E-state index contributed by atoms with van der Waals surface area (Å²) in [5.74, 6) is 0.647. The molecular formula is C20H24N4O3S. The number of benzene rings is 1. The summed E-state index contributed by atoms with van der Waals surface area (Å²) in [6.07, 6.45) is 0.788. The second-order valence-electron chi connectivity index (χ2n) is 6.61. The van der Waals surface area contributed by atoms with Crippen LogP contribution < -0.4 is 15.6 Å². The van der Waals surface area contributed by atoms with Gasteiger partial charge in [0.15, 0.2) is 5.16 Å². The number of carbonyl (C=O) groups is 1. The number of fused-ring (bicyclic) bond motifs is 1. The fourth-order valence-electron chi connectivity index (χ4n) is 2.89. The lowest BCUT2D eigenvalue weighted by molar-refractivity contribution is -0.113. The summed E-state index contributed by atoms with van der Waals surface area (Å²) in [4.78, 5) is 33.0. The van der Waals surface area contributed by atoms with E-state index in [1.807, 2.05) is 39.0 Å². The van der Waals surface area contributed by atoms with E-state index in [0.717, 1.165) is 12.1 Å². The maximum absolute atomic E-state index is 12.9. The lowest BCUT2D eigenvalue weighted by Gasteiger charge is -2.17. The highest BCUT2D eigenvalue weighted by Gasteiger charge is 2.18. The largest absolute Gasteiger partial charge is 0.497 e.